The molecule has 0 aromatic carbocycles. The number of hydrogen-bond donors (Lipinski definition) is 1. The van der Waals surface area contributed by atoms with Gasteiger partial charge in [-0.2, -0.15) is 0 Å². The second-order valence-electron chi connectivity index (χ2n) is 3.01. The molecule has 68 valence electrons. The lowest BCUT2D eigenvalue weighted by atomic mass is 10.1. The zero-order valence-electron chi connectivity index (χ0n) is 7.73. The maximum Gasteiger partial charge on any atom is 0.157 e. The van der Waals surface area contributed by atoms with Gasteiger partial charge in [0, 0.05) is 6.42 Å². The van der Waals surface area contributed by atoms with Crippen molar-refractivity contribution in [1.82, 2.24) is 0 Å². The van der Waals surface area contributed by atoms with Gasteiger partial charge in [-0.1, -0.05) is 13.0 Å². The molecule has 12 heavy (non-hydrogen) atoms. The first-order valence-corrected chi connectivity index (χ1v) is 4.36. The van der Waals surface area contributed by atoms with Gasteiger partial charge in [-0.15, -0.1) is 0 Å². The van der Waals surface area contributed by atoms with Gasteiger partial charge in [0.05, 0.1) is 0 Å². The lowest BCUT2D eigenvalue weighted by Gasteiger charge is -1.98. The Bertz CT molecular complexity index is 173. The van der Waals surface area contributed by atoms with Crippen LogP contribution < -0.4 is 0 Å². The molecule has 0 bridgehead atoms. The summed E-state index contributed by atoms with van der Waals surface area (Å²) in [6.45, 7) is 5.33. The predicted octanol–water partition coefficient (Wildman–Crippen LogP) is 2.73. The molecule has 0 aromatic rings. The summed E-state index contributed by atoms with van der Waals surface area (Å²) in [7, 11) is 0. The molecule has 0 unspecified atom stereocenters. The van der Waals surface area contributed by atoms with Crippen molar-refractivity contribution in [3.8, 4) is 0 Å². The first-order chi connectivity index (χ1) is 5.68. The normalized spacial score (nSPS) is 9.42. The van der Waals surface area contributed by atoms with Crippen LogP contribution in [-0.4, -0.2) is 12.0 Å². The van der Waals surface area contributed by atoms with Crippen LogP contribution in [0.15, 0.2) is 12.2 Å². The summed E-state index contributed by atoms with van der Waals surface area (Å²) in [5, 5.41) is 6.78. The summed E-state index contributed by atoms with van der Waals surface area (Å²) in [6, 6.07) is 0. The summed E-state index contributed by atoms with van der Waals surface area (Å²) in [4.78, 5) is 11.0. The standard InChI is InChI=1S/C10H17NO/c1-9(2)10(12)7-5-3-4-6-8-11/h8,11H,1,3-7H2,2H3. The fourth-order valence-electron chi connectivity index (χ4n) is 0.922. The minimum absolute atomic E-state index is 0.171. The molecule has 0 saturated carbocycles. The van der Waals surface area contributed by atoms with E-state index in [0.29, 0.717) is 12.0 Å². The summed E-state index contributed by atoms with van der Waals surface area (Å²) in [6.07, 6.45) is 5.86. The van der Waals surface area contributed by atoms with Crippen molar-refractivity contribution in [2.75, 3.05) is 0 Å². The van der Waals surface area contributed by atoms with Crippen molar-refractivity contribution in [3.63, 3.8) is 0 Å². The van der Waals surface area contributed by atoms with E-state index in [-0.39, 0.29) is 5.78 Å². The Kier molecular flexibility index (Phi) is 6.25. The Morgan fingerprint density at radius 1 is 1.42 bits per heavy atom. The molecule has 0 atom stereocenters. The van der Waals surface area contributed by atoms with Gasteiger partial charge in [-0.05, 0) is 38.0 Å². The van der Waals surface area contributed by atoms with E-state index in [1.54, 1.807) is 6.92 Å². The van der Waals surface area contributed by atoms with Crippen LogP contribution in [0.25, 0.3) is 0 Å². The minimum atomic E-state index is 0.171. The average Bonchev–Trinajstić information content (AvgIpc) is 2.03. The van der Waals surface area contributed by atoms with Crippen LogP contribution in [-0.2, 0) is 4.79 Å². The molecular weight excluding hydrogens is 150 g/mol. The van der Waals surface area contributed by atoms with E-state index in [9.17, 15) is 4.79 Å². The number of carbonyl (C=O) groups excluding carboxylic acids is 1. The number of carbonyl (C=O) groups is 1. The van der Waals surface area contributed by atoms with Gasteiger partial charge >= 0.3 is 0 Å². The van der Waals surface area contributed by atoms with Crippen molar-refractivity contribution >= 4 is 12.0 Å². The van der Waals surface area contributed by atoms with Gasteiger partial charge in [0.1, 0.15) is 0 Å². The number of rotatable bonds is 7. The number of nitrogens with one attached hydrogen (secondary N) is 1. The van der Waals surface area contributed by atoms with Crippen LogP contribution in [0.1, 0.15) is 39.0 Å². The molecular formula is C10H17NO. The van der Waals surface area contributed by atoms with Gasteiger partial charge in [-0.3, -0.25) is 4.79 Å². The number of Topliss-reactive ketones (excluding diaryl/α,β-unsaturated/α-hetero) is 1. The highest BCUT2D eigenvalue weighted by Gasteiger charge is 2.00. The zero-order valence-corrected chi connectivity index (χ0v) is 7.73. The van der Waals surface area contributed by atoms with Gasteiger partial charge < -0.3 is 5.41 Å². The molecule has 2 nitrogen and oxygen atoms in total. The molecule has 0 rings (SSSR count). The van der Waals surface area contributed by atoms with E-state index in [4.69, 9.17) is 5.41 Å². The second-order valence-corrected chi connectivity index (χ2v) is 3.01. The fraction of sp³-hybridized carbons (Fsp3) is 0.600. The van der Waals surface area contributed by atoms with E-state index in [0.717, 1.165) is 25.7 Å². The number of unbranched alkanes of at least 4 members (excludes halogenated alkanes) is 3. The van der Waals surface area contributed by atoms with Crippen molar-refractivity contribution in [3.05, 3.63) is 12.2 Å². The molecule has 1 N–H and O–H groups in total. The third kappa shape index (κ3) is 5.83. The monoisotopic (exact) mass is 167 g/mol. The third-order valence-corrected chi connectivity index (χ3v) is 1.73. The van der Waals surface area contributed by atoms with E-state index in [2.05, 4.69) is 6.58 Å². The van der Waals surface area contributed by atoms with Crippen LogP contribution in [0.3, 0.4) is 0 Å². The first kappa shape index (κ1) is 11.1. The molecule has 0 saturated heterocycles. The maximum absolute atomic E-state index is 11.0. The summed E-state index contributed by atoms with van der Waals surface area (Å²) in [5.41, 5.74) is 0.655. The Morgan fingerprint density at radius 3 is 2.58 bits per heavy atom. The highest BCUT2D eigenvalue weighted by Crippen LogP contribution is 2.05. The topological polar surface area (TPSA) is 40.9 Å². The van der Waals surface area contributed by atoms with Crippen molar-refractivity contribution in [2.24, 2.45) is 0 Å². The summed E-state index contributed by atoms with van der Waals surface area (Å²) < 4.78 is 0. The SMILES string of the molecule is C=C(C)C(=O)CCCCCC=N. The van der Waals surface area contributed by atoms with Crippen LogP contribution in [0.2, 0.25) is 0 Å². The minimum Gasteiger partial charge on any atom is -0.313 e. The Morgan fingerprint density at radius 2 is 2.08 bits per heavy atom. The van der Waals surface area contributed by atoms with Crippen molar-refractivity contribution < 1.29 is 4.79 Å². The zero-order chi connectivity index (χ0) is 9.40. The molecule has 0 radical (unpaired) electrons. The van der Waals surface area contributed by atoms with E-state index in [1.165, 1.54) is 6.21 Å². The van der Waals surface area contributed by atoms with Crippen LogP contribution in [0.5, 0.6) is 0 Å². The van der Waals surface area contributed by atoms with Crippen LogP contribution in [0, 0.1) is 5.41 Å². The van der Waals surface area contributed by atoms with Crippen molar-refractivity contribution in [1.29, 1.82) is 5.41 Å². The lowest BCUT2D eigenvalue weighted by Crippen LogP contribution is -1.97. The Hall–Kier alpha value is -0.920. The maximum atomic E-state index is 11.0. The average molecular weight is 167 g/mol. The summed E-state index contributed by atoms with van der Waals surface area (Å²) in [5.74, 6) is 0.171. The van der Waals surface area contributed by atoms with Gasteiger partial charge in [0.15, 0.2) is 5.78 Å². The molecule has 0 fully saturated rings. The predicted molar refractivity (Wildman–Crippen MR) is 51.7 cm³/mol. The third-order valence-electron chi connectivity index (χ3n) is 1.73. The van der Waals surface area contributed by atoms with Crippen molar-refractivity contribution in [2.45, 2.75) is 39.0 Å². The molecule has 0 aliphatic carbocycles. The first-order valence-electron chi connectivity index (χ1n) is 4.36. The van der Waals surface area contributed by atoms with Gasteiger partial charge in [0.2, 0.25) is 0 Å². The number of allylic oxidation sites excluding steroid dienone is 1. The second kappa shape index (κ2) is 6.77. The Labute approximate surface area is 74.2 Å². The highest BCUT2D eigenvalue weighted by atomic mass is 16.1. The largest absolute Gasteiger partial charge is 0.313 e. The number of hydrogen-bond acceptors (Lipinski definition) is 2. The molecule has 0 amide bonds. The molecule has 0 spiro atoms. The van der Waals surface area contributed by atoms with E-state index < -0.39 is 0 Å². The Balaban J connectivity index is 3.25. The highest BCUT2D eigenvalue weighted by molar-refractivity contribution is 5.93. The smallest absolute Gasteiger partial charge is 0.157 e. The van der Waals surface area contributed by atoms with E-state index >= 15 is 0 Å². The lowest BCUT2D eigenvalue weighted by molar-refractivity contribution is -0.115. The molecule has 0 aromatic heterocycles. The summed E-state index contributed by atoms with van der Waals surface area (Å²) >= 11 is 0. The molecule has 0 aliphatic rings. The molecule has 2 heteroatoms. The fourth-order valence-corrected chi connectivity index (χ4v) is 0.922. The molecule has 0 heterocycles. The quantitative estimate of drug-likeness (QED) is 0.353. The van der Waals surface area contributed by atoms with Crippen LogP contribution in [0.4, 0.5) is 0 Å². The van der Waals surface area contributed by atoms with E-state index in [1.807, 2.05) is 0 Å². The number of ketones is 1. The van der Waals surface area contributed by atoms with Crippen LogP contribution >= 0.6 is 0 Å². The van der Waals surface area contributed by atoms with Gasteiger partial charge in [0.25, 0.3) is 0 Å². The molecule has 0 aliphatic heterocycles. The van der Waals surface area contributed by atoms with Gasteiger partial charge in [-0.25, -0.2) is 0 Å².